The van der Waals surface area contributed by atoms with Crippen LogP contribution in [-0.2, 0) is 0 Å². The Hall–Kier alpha value is -3.52. The number of ether oxygens (including phenoxy) is 1. The Morgan fingerprint density at radius 3 is 1.09 bits per heavy atom. The predicted molar refractivity (Wildman–Crippen MR) is 199 cm³/mol. The van der Waals surface area contributed by atoms with Crippen LogP contribution in [-0.4, -0.2) is 11.7 Å². The lowest BCUT2D eigenvalue weighted by atomic mass is 9.94. The van der Waals surface area contributed by atoms with Crippen LogP contribution in [0.1, 0.15) is 117 Å². The van der Waals surface area contributed by atoms with Crippen molar-refractivity contribution in [3.05, 3.63) is 97.1 Å². The van der Waals surface area contributed by atoms with Gasteiger partial charge in [-0.25, -0.2) is 0 Å². The lowest BCUT2D eigenvalue weighted by molar-refractivity contribution is 0.224. The maximum atomic E-state index is 9.57. The van der Waals surface area contributed by atoms with Gasteiger partial charge >= 0.3 is 0 Å². The molecule has 4 aromatic rings. The maximum absolute atomic E-state index is 9.57. The Morgan fingerprint density at radius 2 is 0.717 bits per heavy atom. The van der Waals surface area contributed by atoms with Gasteiger partial charge in [0.25, 0.3) is 0 Å². The first-order chi connectivity index (χ1) is 22.7. The summed E-state index contributed by atoms with van der Waals surface area (Å²) >= 11 is 0. The molecule has 2 nitrogen and oxygen atoms in total. The molecular weight excluding hydrogens is 560 g/mol. The molecule has 0 aliphatic rings. The van der Waals surface area contributed by atoms with E-state index in [1.165, 1.54) is 125 Å². The number of unbranched alkanes of at least 4 members (excludes halogenated alkanes) is 12. The average molecular weight is 619 g/mol. The molecule has 0 heterocycles. The summed E-state index contributed by atoms with van der Waals surface area (Å²) in [5.74, 6) is 1.94. The highest BCUT2D eigenvalue weighted by Crippen LogP contribution is 2.29. The van der Waals surface area contributed by atoms with Gasteiger partial charge in [-0.3, -0.25) is 0 Å². The lowest BCUT2D eigenvalue weighted by Gasteiger charge is -2.18. The van der Waals surface area contributed by atoms with Gasteiger partial charge in [-0.15, -0.1) is 0 Å². The van der Waals surface area contributed by atoms with E-state index in [0.29, 0.717) is 11.7 Å². The third-order valence-electron chi connectivity index (χ3n) is 9.41. The highest BCUT2D eigenvalue weighted by atomic mass is 16.5. The van der Waals surface area contributed by atoms with Gasteiger partial charge in [0.1, 0.15) is 11.5 Å². The van der Waals surface area contributed by atoms with Crippen molar-refractivity contribution < 1.29 is 9.84 Å². The molecule has 0 aromatic heterocycles. The Bertz CT molecular complexity index is 1340. The molecule has 1 atom stereocenters. The molecule has 1 N–H and O–H groups in total. The second-order valence-corrected chi connectivity index (χ2v) is 13.2. The van der Waals surface area contributed by atoms with Gasteiger partial charge in [0.05, 0.1) is 6.61 Å². The average Bonchev–Trinajstić information content (AvgIpc) is 3.10. The summed E-state index contributed by atoms with van der Waals surface area (Å²) in [4.78, 5) is 0. The third kappa shape index (κ3) is 12.3. The van der Waals surface area contributed by atoms with Crippen LogP contribution < -0.4 is 4.74 Å². The van der Waals surface area contributed by atoms with Gasteiger partial charge < -0.3 is 9.84 Å². The zero-order valence-electron chi connectivity index (χ0n) is 28.7. The summed E-state index contributed by atoms with van der Waals surface area (Å²) < 4.78 is 6.39. The summed E-state index contributed by atoms with van der Waals surface area (Å²) in [6, 6.07) is 33.5. The summed E-state index contributed by atoms with van der Waals surface area (Å²) in [5.41, 5.74) is 7.07. The van der Waals surface area contributed by atoms with E-state index in [1.54, 1.807) is 12.1 Å². The molecular formula is C44H58O2. The number of hydrogen-bond donors (Lipinski definition) is 1. The van der Waals surface area contributed by atoms with Gasteiger partial charge in [-0.2, -0.15) is 0 Å². The van der Waals surface area contributed by atoms with E-state index >= 15 is 0 Å². The standard InChI is InChI=1S/C44H58O2/c1-3-5-7-9-11-12-14-16-18-36(17-15-13-10-8-6-4-2)35-46-44-33-29-42(30-34-44)40-25-21-38(22-26-40)37-19-23-39(24-20-37)41-27-31-43(45)32-28-41/h19-34,36,45H,3-18,35H2,1-2H3. The molecule has 0 aliphatic heterocycles. The zero-order valence-corrected chi connectivity index (χ0v) is 28.7. The molecule has 0 saturated carbocycles. The smallest absolute Gasteiger partial charge is 0.119 e. The van der Waals surface area contributed by atoms with Crippen LogP contribution in [0, 0.1) is 5.92 Å². The zero-order chi connectivity index (χ0) is 32.2. The number of benzene rings is 4. The highest BCUT2D eigenvalue weighted by molar-refractivity contribution is 5.73. The second kappa shape index (κ2) is 20.6. The van der Waals surface area contributed by atoms with Crippen LogP contribution in [0.25, 0.3) is 33.4 Å². The van der Waals surface area contributed by atoms with Gasteiger partial charge in [0.15, 0.2) is 0 Å². The number of hydrogen-bond acceptors (Lipinski definition) is 2. The van der Waals surface area contributed by atoms with Crippen molar-refractivity contribution in [3.8, 4) is 44.9 Å². The first kappa shape index (κ1) is 35.3. The maximum Gasteiger partial charge on any atom is 0.119 e. The molecule has 0 aliphatic carbocycles. The summed E-state index contributed by atoms with van der Waals surface area (Å²) in [5, 5.41) is 9.57. The SMILES string of the molecule is CCCCCCCCCCC(CCCCCCCC)COc1ccc(-c2ccc(-c3ccc(-c4ccc(O)cc4)cc3)cc2)cc1. The summed E-state index contributed by atoms with van der Waals surface area (Å²) in [7, 11) is 0. The van der Waals surface area contributed by atoms with Crippen LogP contribution in [0.3, 0.4) is 0 Å². The van der Waals surface area contributed by atoms with Crippen LogP contribution in [0.5, 0.6) is 11.5 Å². The van der Waals surface area contributed by atoms with E-state index in [0.717, 1.165) is 23.5 Å². The van der Waals surface area contributed by atoms with E-state index in [1.807, 2.05) is 12.1 Å². The van der Waals surface area contributed by atoms with Crippen molar-refractivity contribution >= 4 is 0 Å². The Labute approximate surface area is 280 Å². The minimum absolute atomic E-state index is 0.291. The van der Waals surface area contributed by atoms with Crippen LogP contribution in [0.15, 0.2) is 97.1 Å². The molecule has 0 radical (unpaired) electrons. The molecule has 0 bridgehead atoms. The number of phenolic OH excluding ortho intramolecular Hbond substituents is 1. The summed E-state index contributed by atoms with van der Waals surface area (Å²) in [6.45, 7) is 5.43. The number of phenols is 1. The molecule has 0 spiro atoms. The van der Waals surface area contributed by atoms with Crippen molar-refractivity contribution in [2.75, 3.05) is 6.61 Å². The highest BCUT2D eigenvalue weighted by Gasteiger charge is 2.11. The van der Waals surface area contributed by atoms with Crippen LogP contribution in [0.2, 0.25) is 0 Å². The molecule has 246 valence electrons. The molecule has 1 unspecified atom stereocenters. The first-order valence-electron chi connectivity index (χ1n) is 18.4. The fraction of sp³-hybridized carbons (Fsp3) is 0.455. The van der Waals surface area contributed by atoms with E-state index in [9.17, 15) is 5.11 Å². The Balaban J connectivity index is 1.26. The largest absolute Gasteiger partial charge is 0.508 e. The van der Waals surface area contributed by atoms with E-state index in [-0.39, 0.29) is 0 Å². The quantitative estimate of drug-likeness (QED) is 0.0888. The fourth-order valence-corrected chi connectivity index (χ4v) is 6.41. The Morgan fingerprint density at radius 1 is 0.413 bits per heavy atom. The van der Waals surface area contributed by atoms with Gasteiger partial charge in [-0.1, -0.05) is 177 Å². The van der Waals surface area contributed by atoms with Crippen molar-refractivity contribution in [1.82, 2.24) is 0 Å². The van der Waals surface area contributed by atoms with Crippen molar-refractivity contribution in [2.24, 2.45) is 5.92 Å². The molecule has 0 fully saturated rings. The van der Waals surface area contributed by atoms with Gasteiger partial charge in [-0.05, 0) is 76.4 Å². The van der Waals surface area contributed by atoms with E-state index < -0.39 is 0 Å². The molecule has 4 aromatic carbocycles. The second-order valence-electron chi connectivity index (χ2n) is 13.2. The number of aromatic hydroxyl groups is 1. The fourth-order valence-electron chi connectivity index (χ4n) is 6.41. The number of rotatable bonds is 22. The molecule has 0 amide bonds. The normalized spacial score (nSPS) is 11.9. The topological polar surface area (TPSA) is 29.5 Å². The van der Waals surface area contributed by atoms with E-state index in [4.69, 9.17) is 4.74 Å². The Kier molecular flexibility index (Phi) is 15.8. The molecule has 4 rings (SSSR count). The van der Waals surface area contributed by atoms with Crippen molar-refractivity contribution in [2.45, 2.75) is 117 Å². The first-order valence-corrected chi connectivity index (χ1v) is 18.4. The van der Waals surface area contributed by atoms with Crippen molar-refractivity contribution in [3.63, 3.8) is 0 Å². The van der Waals surface area contributed by atoms with Crippen molar-refractivity contribution in [1.29, 1.82) is 0 Å². The molecule has 0 saturated heterocycles. The molecule has 46 heavy (non-hydrogen) atoms. The monoisotopic (exact) mass is 618 g/mol. The molecule has 2 heteroatoms. The van der Waals surface area contributed by atoms with Crippen LogP contribution in [0.4, 0.5) is 0 Å². The third-order valence-corrected chi connectivity index (χ3v) is 9.41. The van der Waals surface area contributed by atoms with Gasteiger partial charge in [0, 0.05) is 0 Å². The summed E-state index contributed by atoms with van der Waals surface area (Å²) in [6.07, 6.45) is 21.8. The lowest BCUT2D eigenvalue weighted by Crippen LogP contribution is -2.12. The minimum Gasteiger partial charge on any atom is -0.508 e. The predicted octanol–water partition coefficient (Wildman–Crippen LogP) is 13.7. The van der Waals surface area contributed by atoms with E-state index in [2.05, 4.69) is 86.6 Å². The minimum atomic E-state index is 0.291. The van der Waals surface area contributed by atoms with Gasteiger partial charge in [0.2, 0.25) is 0 Å². The van der Waals surface area contributed by atoms with Crippen LogP contribution >= 0.6 is 0 Å².